The van der Waals surface area contributed by atoms with E-state index in [0.717, 1.165) is 31.4 Å². The van der Waals surface area contributed by atoms with E-state index in [9.17, 15) is 9.90 Å². The van der Waals surface area contributed by atoms with Gasteiger partial charge in [0.2, 0.25) is 0 Å². The first-order chi connectivity index (χ1) is 9.65. The van der Waals surface area contributed by atoms with Crippen molar-refractivity contribution in [1.29, 1.82) is 5.26 Å². The number of carboxylic acids is 1. The predicted octanol–water partition coefficient (Wildman–Crippen LogP) is 2.61. The van der Waals surface area contributed by atoms with E-state index in [1.807, 2.05) is 6.92 Å². The average Bonchev–Trinajstić information content (AvgIpc) is 3.24. The molecule has 0 spiro atoms. The topological polar surface area (TPSA) is 77.2 Å². The molecule has 0 atom stereocenters. The molecule has 0 aliphatic heterocycles. The number of anilines is 1. The van der Waals surface area contributed by atoms with Crippen molar-refractivity contribution in [3.63, 3.8) is 0 Å². The second-order valence-electron chi connectivity index (χ2n) is 5.09. The van der Waals surface area contributed by atoms with Crippen molar-refractivity contribution in [2.24, 2.45) is 0 Å². The van der Waals surface area contributed by atoms with Crippen molar-refractivity contribution in [3.8, 4) is 6.07 Å². The number of hydrogen-bond donors (Lipinski definition) is 1. The number of nitriles is 1. The summed E-state index contributed by atoms with van der Waals surface area (Å²) in [5.74, 6) is -0.229. The fraction of sp³-hybridized carbons (Fsp3) is 0.533. The van der Waals surface area contributed by atoms with Crippen LogP contribution in [0.4, 0.5) is 5.82 Å². The zero-order valence-corrected chi connectivity index (χ0v) is 11.7. The predicted molar refractivity (Wildman–Crippen MR) is 75.8 cm³/mol. The molecule has 1 aliphatic carbocycles. The summed E-state index contributed by atoms with van der Waals surface area (Å²) in [6.07, 6.45) is 4.31. The molecule has 1 saturated carbocycles. The van der Waals surface area contributed by atoms with E-state index >= 15 is 0 Å². The van der Waals surface area contributed by atoms with Crippen LogP contribution in [0, 0.1) is 11.3 Å². The van der Waals surface area contributed by atoms with E-state index in [2.05, 4.69) is 16.0 Å². The summed E-state index contributed by atoms with van der Waals surface area (Å²) in [7, 11) is 0. The SMILES string of the molecule is CCCc1cc(C(=O)O)cc(N(CCC#N)C2CC2)n1. The summed E-state index contributed by atoms with van der Waals surface area (Å²) >= 11 is 0. The first-order valence-electron chi connectivity index (χ1n) is 7.03. The Bertz CT molecular complexity index is 532. The highest BCUT2D eigenvalue weighted by atomic mass is 16.4. The third-order valence-electron chi connectivity index (χ3n) is 3.36. The van der Waals surface area contributed by atoms with E-state index in [4.69, 9.17) is 5.26 Å². The van der Waals surface area contributed by atoms with Crippen LogP contribution >= 0.6 is 0 Å². The van der Waals surface area contributed by atoms with E-state index < -0.39 is 5.97 Å². The largest absolute Gasteiger partial charge is 0.478 e. The van der Waals surface area contributed by atoms with Crippen LogP contribution in [0.2, 0.25) is 0 Å². The van der Waals surface area contributed by atoms with E-state index in [1.54, 1.807) is 12.1 Å². The minimum absolute atomic E-state index is 0.279. The summed E-state index contributed by atoms with van der Waals surface area (Å²) in [6.45, 7) is 2.66. The normalized spacial score (nSPS) is 13.8. The van der Waals surface area contributed by atoms with Crippen LogP contribution < -0.4 is 4.90 Å². The van der Waals surface area contributed by atoms with Gasteiger partial charge in [0.1, 0.15) is 5.82 Å². The van der Waals surface area contributed by atoms with Crippen LogP contribution in [-0.2, 0) is 6.42 Å². The number of carboxylic acid groups (broad SMARTS) is 1. The fourth-order valence-corrected chi connectivity index (χ4v) is 2.27. The van der Waals surface area contributed by atoms with Crippen LogP contribution in [0.25, 0.3) is 0 Å². The highest BCUT2D eigenvalue weighted by molar-refractivity contribution is 5.88. The maximum absolute atomic E-state index is 11.2. The van der Waals surface area contributed by atoms with Gasteiger partial charge in [-0.1, -0.05) is 13.3 Å². The second kappa shape index (κ2) is 6.38. The second-order valence-corrected chi connectivity index (χ2v) is 5.09. The van der Waals surface area contributed by atoms with Crippen LogP contribution in [0.3, 0.4) is 0 Å². The number of aromatic carboxylic acids is 1. The molecular weight excluding hydrogens is 254 g/mol. The molecule has 2 rings (SSSR count). The maximum Gasteiger partial charge on any atom is 0.335 e. The quantitative estimate of drug-likeness (QED) is 0.826. The third-order valence-corrected chi connectivity index (χ3v) is 3.36. The number of carbonyl (C=O) groups is 1. The minimum atomic E-state index is -0.929. The molecule has 1 aromatic rings. The molecule has 0 bridgehead atoms. The Morgan fingerprint density at radius 3 is 2.85 bits per heavy atom. The smallest absolute Gasteiger partial charge is 0.335 e. The first kappa shape index (κ1) is 14.3. The molecule has 5 nitrogen and oxygen atoms in total. The highest BCUT2D eigenvalue weighted by Gasteiger charge is 2.30. The summed E-state index contributed by atoms with van der Waals surface area (Å²) in [6, 6.07) is 5.82. The van der Waals surface area contributed by atoms with E-state index in [0.29, 0.717) is 24.8 Å². The van der Waals surface area contributed by atoms with Crippen molar-refractivity contribution in [2.75, 3.05) is 11.4 Å². The number of aromatic nitrogens is 1. The summed E-state index contributed by atoms with van der Waals surface area (Å²) in [5.41, 5.74) is 1.09. The Hall–Kier alpha value is -2.09. The van der Waals surface area contributed by atoms with E-state index in [1.165, 1.54) is 0 Å². The van der Waals surface area contributed by atoms with Gasteiger partial charge >= 0.3 is 5.97 Å². The van der Waals surface area contributed by atoms with Crippen molar-refractivity contribution < 1.29 is 9.90 Å². The Morgan fingerprint density at radius 2 is 2.30 bits per heavy atom. The van der Waals surface area contributed by atoms with Crippen molar-refractivity contribution in [2.45, 2.75) is 45.1 Å². The van der Waals surface area contributed by atoms with Crippen LogP contribution in [0.15, 0.2) is 12.1 Å². The average molecular weight is 273 g/mol. The molecule has 5 heteroatoms. The number of aryl methyl sites for hydroxylation is 1. The molecule has 106 valence electrons. The van der Waals surface area contributed by atoms with Gasteiger partial charge in [0.05, 0.1) is 18.1 Å². The number of rotatable bonds is 7. The molecule has 0 unspecified atom stereocenters. The summed E-state index contributed by atoms with van der Waals surface area (Å²) in [4.78, 5) is 17.9. The molecule has 0 aromatic carbocycles. The van der Waals surface area contributed by atoms with Gasteiger partial charge in [0, 0.05) is 18.3 Å². The molecular formula is C15H19N3O2. The summed E-state index contributed by atoms with van der Waals surface area (Å²) < 4.78 is 0. The molecule has 1 N–H and O–H groups in total. The fourth-order valence-electron chi connectivity index (χ4n) is 2.27. The number of pyridine rings is 1. The molecule has 20 heavy (non-hydrogen) atoms. The Kier molecular flexibility index (Phi) is 4.57. The van der Waals surface area contributed by atoms with Gasteiger partial charge in [0.25, 0.3) is 0 Å². The van der Waals surface area contributed by atoms with Gasteiger partial charge in [-0.15, -0.1) is 0 Å². The van der Waals surface area contributed by atoms with Crippen LogP contribution in [-0.4, -0.2) is 28.6 Å². The standard InChI is InChI=1S/C15H19N3O2/c1-2-4-12-9-11(15(19)20)10-14(17-12)18(8-3-7-16)13-5-6-13/h9-10,13H,2-6,8H2,1H3,(H,19,20). The minimum Gasteiger partial charge on any atom is -0.478 e. The van der Waals surface area contributed by atoms with Gasteiger partial charge in [-0.25, -0.2) is 9.78 Å². The number of hydrogen-bond acceptors (Lipinski definition) is 4. The van der Waals surface area contributed by atoms with Gasteiger partial charge < -0.3 is 10.0 Å². The Balaban J connectivity index is 2.31. The molecule has 1 fully saturated rings. The maximum atomic E-state index is 11.2. The monoisotopic (exact) mass is 273 g/mol. The van der Waals surface area contributed by atoms with Crippen molar-refractivity contribution in [3.05, 3.63) is 23.4 Å². The molecule has 1 heterocycles. The molecule has 0 amide bonds. The Labute approximate surface area is 118 Å². The van der Waals surface area contributed by atoms with Gasteiger partial charge in [0.15, 0.2) is 0 Å². The molecule has 1 aliphatic rings. The molecule has 0 saturated heterocycles. The van der Waals surface area contributed by atoms with Gasteiger partial charge in [-0.05, 0) is 31.4 Å². The lowest BCUT2D eigenvalue weighted by Gasteiger charge is -2.23. The van der Waals surface area contributed by atoms with Crippen molar-refractivity contribution in [1.82, 2.24) is 4.98 Å². The van der Waals surface area contributed by atoms with Crippen LogP contribution in [0.1, 0.15) is 48.7 Å². The third kappa shape index (κ3) is 3.47. The highest BCUT2D eigenvalue weighted by Crippen LogP contribution is 2.31. The first-order valence-corrected chi connectivity index (χ1v) is 7.03. The molecule has 0 radical (unpaired) electrons. The zero-order chi connectivity index (χ0) is 14.5. The molecule has 1 aromatic heterocycles. The van der Waals surface area contributed by atoms with Gasteiger partial charge in [-0.3, -0.25) is 0 Å². The van der Waals surface area contributed by atoms with Gasteiger partial charge in [-0.2, -0.15) is 5.26 Å². The van der Waals surface area contributed by atoms with Crippen LogP contribution in [0.5, 0.6) is 0 Å². The number of nitrogens with zero attached hydrogens (tertiary/aromatic N) is 3. The lowest BCUT2D eigenvalue weighted by atomic mass is 10.1. The zero-order valence-electron chi connectivity index (χ0n) is 11.7. The summed E-state index contributed by atoms with van der Waals surface area (Å²) in [5, 5.41) is 18.0. The van der Waals surface area contributed by atoms with Crippen molar-refractivity contribution >= 4 is 11.8 Å². The lowest BCUT2D eigenvalue weighted by molar-refractivity contribution is 0.0696. The lowest BCUT2D eigenvalue weighted by Crippen LogP contribution is -2.28. The Morgan fingerprint density at radius 1 is 1.55 bits per heavy atom. The van der Waals surface area contributed by atoms with E-state index in [-0.39, 0.29) is 5.56 Å².